The van der Waals surface area contributed by atoms with E-state index >= 15 is 0 Å². The zero-order chi connectivity index (χ0) is 7.84. The Kier molecular flexibility index (Phi) is 1.69. The van der Waals surface area contributed by atoms with E-state index in [4.69, 9.17) is 5.73 Å². The van der Waals surface area contributed by atoms with Crippen LogP contribution in [-0.4, -0.2) is 4.98 Å². The molecule has 11 heavy (non-hydrogen) atoms. The van der Waals surface area contributed by atoms with Gasteiger partial charge in [0.05, 0.1) is 11.2 Å². The first-order valence-electron chi connectivity index (χ1n) is 3.98. The number of aromatic nitrogens is 1. The third-order valence-electron chi connectivity index (χ3n) is 2.00. The van der Waals surface area contributed by atoms with Crippen LogP contribution in [0.5, 0.6) is 0 Å². The van der Waals surface area contributed by atoms with Crippen LogP contribution in [0.4, 0.5) is 0 Å². The van der Waals surface area contributed by atoms with Gasteiger partial charge < -0.3 is 5.73 Å². The summed E-state index contributed by atoms with van der Waals surface area (Å²) in [5, 5.41) is 0. The summed E-state index contributed by atoms with van der Waals surface area (Å²) in [7, 11) is 0. The van der Waals surface area contributed by atoms with Crippen molar-refractivity contribution < 1.29 is 0 Å². The van der Waals surface area contributed by atoms with Crippen LogP contribution in [0.3, 0.4) is 0 Å². The third kappa shape index (κ3) is 1.30. The fraction of sp³-hybridized carbons (Fsp3) is 0.625. The zero-order valence-electron chi connectivity index (χ0n) is 6.58. The maximum atomic E-state index is 5.79. The van der Waals surface area contributed by atoms with Gasteiger partial charge in [0.1, 0.15) is 0 Å². The summed E-state index contributed by atoms with van der Waals surface area (Å²) in [6, 6.07) is 0.165. The Morgan fingerprint density at radius 1 is 1.73 bits per heavy atom. The monoisotopic (exact) mass is 168 g/mol. The molecule has 1 aromatic heterocycles. The largest absolute Gasteiger partial charge is 0.323 e. The van der Waals surface area contributed by atoms with E-state index in [0.29, 0.717) is 0 Å². The summed E-state index contributed by atoms with van der Waals surface area (Å²) in [6.07, 6.45) is 2.62. The van der Waals surface area contributed by atoms with Crippen molar-refractivity contribution in [1.82, 2.24) is 4.98 Å². The standard InChI is InChI=1S/C8H12N2S/c1-5(9)8-7(6-2-3-6)10-4-11-8/h4-6H,2-3,9H2,1H3/t5-/m0/s1. The van der Waals surface area contributed by atoms with Crippen LogP contribution in [0.25, 0.3) is 0 Å². The lowest BCUT2D eigenvalue weighted by atomic mass is 10.2. The van der Waals surface area contributed by atoms with Gasteiger partial charge in [-0.1, -0.05) is 0 Å². The number of nitrogens with zero attached hydrogens (tertiary/aromatic N) is 1. The van der Waals surface area contributed by atoms with E-state index in [1.165, 1.54) is 23.4 Å². The summed E-state index contributed by atoms with van der Waals surface area (Å²) in [4.78, 5) is 5.62. The Labute approximate surface area is 70.5 Å². The second-order valence-corrected chi connectivity index (χ2v) is 4.05. The highest BCUT2D eigenvalue weighted by Crippen LogP contribution is 2.42. The van der Waals surface area contributed by atoms with Crippen molar-refractivity contribution in [3.8, 4) is 0 Å². The molecule has 2 N–H and O–H groups in total. The maximum Gasteiger partial charge on any atom is 0.0798 e. The molecule has 1 saturated carbocycles. The van der Waals surface area contributed by atoms with Crippen molar-refractivity contribution in [3.05, 3.63) is 16.1 Å². The molecule has 2 rings (SSSR count). The van der Waals surface area contributed by atoms with Gasteiger partial charge in [0.2, 0.25) is 0 Å². The first-order chi connectivity index (χ1) is 5.29. The van der Waals surface area contributed by atoms with E-state index in [-0.39, 0.29) is 6.04 Å². The van der Waals surface area contributed by atoms with Crippen LogP contribution in [0.15, 0.2) is 5.51 Å². The van der Waals surface area contributed by atoms with E-state index in [1.807, 2.05) is 12.4 Å². The van der Waals surface area contributed by atoms with Crippen molar-refractivity contribution in [3.63, 3.8) is 0 Å². The van der Waals surface area contributed by atoms with Crippen molar-refractivity contribution in [2.75, 3.05) is 0 Å². The molecule has 1 aliphatic carbocycles. The van der Waals surface area contributed by atoms with Crippen molar-refractivity contribution in [2.45, 2.75) is 31.7 Å². The third-order valence-corrected chi connectivity index (χ3v) is 3.05. The average molecular weight is 168 g/mol. The highest BCUT2D eigenvalue weighted by Gasteiger charge is 2.28. The number of rotatable bonds is 2. The molecular weight excluding hydrogens is 156 g/mol. The molecule has 1 aliphatic rings. The first kappa shape index (κ1) is 7.25. The molecule has 0 amide bonds. The Balaban J connectivity index is 2.30. The molecule has 0 saturated heterocycles. The van der Waals surface area contributed by atoms with Gasteiger partial charge in [-0.2, -0.15) is 0 Å². The second-order valence-electron chi connectivity index (χ2n) is 3.16. The quantitative estimate of drug-likeness (QED) is 0.734. The van der Waals surface area contributed by atoms with E-state index in [2.05, 4.69) is 4.98 Å². The minimum absolute atomic E-state index is 0.165. The SMILES string of the molecule is C[C@H](N)c1scnc1C1CC1. The minimum atomic E-state index is 0.165. The zero-order valence-corrected chi connectivity index (χ0v) is 7.40. The predicted molar refractivity (Wildman–Crippen MR) is 46.7 cm³/mol. The Morgan fingerprint density at radius 3 is 3.00 bits per heavy atom. The van der Waals surface area contributed by atoms with Gasteiger partial charge in [-0.05, 0) is 19.8 Å². The van der Waals surface area contributed by atoms with E-state index in [0.717, 1.165) is 5.92 Å². The average Bonchev–Trinajstić information content (AvgIpc) is 2.68. The Bertz CT molecular complexity index is 234. The number of nitrogens with two attached hydrogens (primary N) is 1. The number of thiazole rings is 1. The van der Waals surface area contributed by atoms with Gasteiger partial charge in [-0.3, -0.25) is 0 Å². The summed E-state index contributed by atoms with van der Waals surface area (Å²) in [5.41, 5.74) is 8.97. The summed E-state index contributed by atoms with van der Waals surface area (Å²) < 4.78 is 0. The lowest BCUT2D eigenvalue weighted by molar-refractivity contribution is 0.811. The summed E-state index contributed by atoms with van der Waals surface area (Å²) >= 11 is 1.69. The molecule has 1 heterocycles. The highest BCUT2D eigenvalue weighted by molar-refractivity contribution is 7.09. The van der Waals surface area contributed by atoms with Crippen LogP contribution in [0.2, 0.25) is 0 Å². The molecule has 0 spiro atoms. The van der Waals surface area contributed by atoms with Gasteiger partial charge in [-0.25, -0.2) is 4.98 Å². The second kappa shape index (κ2) is 2.57. The molecule has 1 atom stereocenters. The molecule has 60 valence electrons. The fourth-order valence-electron chi connectivity index (χ4n) is 1.27. The van der Waals surface area contributed by atoms with E-state index in [1.54, 1.807) is 11.3 Å². The minimum Gasteiger partial charge on any atom is -0.323 e. The fourth-order valence-corrected chi connectivity index (χ4v) is 2.10. The Hall–Kier alpha value is -0.410. The lowest BCUT2D eigenvalue weighted by Gasteiger charge is -2.02. The van der Waals surface area contributed by atoms with Crippen LogP contribution in [-0.2, 0) is 0 Å². The Morgan fingerprint density at radius 2 is 2.45 bits per heavy atom. The number of hydrogen-bond acceptors (Lipinski definition) is 3. The van der Waals surface area contributed by atoms with Crippen LogP contribution < -0.4 is 5.73 Å². The summed E-state index contributed by atoms with van der Waals surface area (Å²) in [5.74, 6) is 0.738. The molecule has 0 radical (unpaired) electrons. The van der Waals surface area contributed by atoms with Crippen LogP contribution in [0.1, 0.15) is 42.3 Å². The molecule has 3 heteroatoms. The summed E-state index contributed by atoms with van der Waals surface area (Å²) in [6.45, 7) is 2.03. The normalized spacial score (nSPS) is 20.2. The van der Waals surface area contributed by atoms with Crippen molar-refractivity contribution in [1.29, 1.82) is 0 Å². The van der Waals surface area contributed by atoms with Gasteiger partial charge in [0.15, 0.2) is 0 Å². The van der Waals surface area contributed by atoms with Crippen molar-refractivity contribution in [2.24, 2.45) is 5.73 Å². The van der Waals surface area contributed by atoms with Gasteiger partial charge in [-0.15, -0.1) is 11.3 Å². The molecule has 0 bridgehead atoms. The topological polar surface area (TPSA) is 38.9 Å². The maximum absolute atomic E-state index is 5.79. The lowest BCUT2D eigenvalue weighted by Crippen LogP contribution is -2.05. The molecule has 0 unspecified atom stereocenters. The first-order valence-corrected chi connectivity index (χ1v) is 4.86. The van der Waals surface area contributed by atoms with Gasteiger partial charge >= 0.3 is 0 Å². The molecule has 0 aromatic carbocycles. The molecule has 0 aliphatic heterocycles. The van der Waals surface area contributed by atoms with Crippen molar-refractivity contribution >= 4 is 11.3 Å². The highest BCUT2D eigenvalue weighted by atomic mass is 32.1. The van der Waals surface area contributed by atoms with E-state index in [9.17, 15) is 0 Å². The van der Waals surface area contributed by atoms with Crippen LogP contribution >= 0.6 is 11.3 Å². The van der Waals surface area contributed by atoms with Gasteiger partial charge in [0, 0.05) is 16.8 Å². The number of hydrogen-bond donors (Lipinski definition) is 1. The van der Waals surface area contributed by atoms with Gasteiger partial charge in [0.25, 0.3) is 0 Å². The molecule has 1 fully saturated rings. The van der Waals surface area contributed by atoms with Crippen LogP contribution in [0, 0.1) is 0 Å². The molecule has 2 nitrogen and oxygen atoms in total. The molecule has 1 aromatic rings. The predicted octanol–water partition coefficient (Wildman–Crippen LogP) is 2.04. The molecular formula is C8H12N2S. The van der Waals surface area contributed by atoms with E-state index < -0.39 is 0 Å². The smallest absolute Gasteiger partial charge is 0.0798 e.